The molecule has 0 bridgehead atoms. The molecule has 0 atom stereocenters. The number of benzene rings is 1. The van der Waals surface area contributed by atoms with Crippen molar-refractivity contribution in [2.45, 2.75) is 0 Å². The summed E-state index contributed by atoms with van der Waals surface area (Å²) in [6.07, 6.45) is 0. The standard InChI is InChI=1S/C7H9N5O2/c8-7(9)11-10-5-2-1-3-6(4-5)12(13)14/h1-4,10H,(H4,8,9,11). The van der Waals surface area contributed by atoms with Gasteiger partial charge in [0.25, 0.3) is 5.69 Å². The number of nitrogens with zero attached hydrogens (tertiary/aromatic N) is 2. The number of nitro benzene ring substituents is 1. The van der Waals surface area contributed by atoms with Crippen molar-refractivity contribution < 1.29 is 4.92 Å². The molecule has 7 nitrogen and oxygen atoms in total. The molecule has 0 spiro atoms. The van der Waals surface area contributed by atoms with Gasteiger partial charge in [-0.05, 0) is 6.07 Å². The number of guanidine groups is 1. The van der Waals surface area contributed by atoms with Gasteiger partial charge in [0.15, 0.2) is 0 Å². The van der Waals surface area contributed by atoms with Crippen LogP contribution in [0, 0.1) is 10.1 Å². The van der Waals surface area contributed by atoms with E-state index in [2.05, 4.69) is 10.5 Å². The molecule has 0 aliphatic carbocycles. The number of non-ortho nitro benzene ring substituents is 1. The maximum Gasteiger partial charge on any atom is 0.271 e. The molecule has 0 saturated heterocycles. The Hall–Kier alpha value is -2.31. The molecule has 0 unspecified atom stereocenters. The Labute approximate surface area is 79.5 Å². The number of hydrazone groups is 1. The summed E-state index contributed by atoms with van der Waals surface area (Å²) in [6, 6.07) is 5.84. The highest BCUT2D eigenvalue weighted by molar-refractivity contribution is 5.76. The van der Waals surface area contributed by atoms with E-state index in [4.69, 9.17) is 11.5 Å². The van der Waals surface area contributed by atoms with Crippen LogP contribution in [-0.2, 0) is 0 Å². The van der Waals surface area contributed by atoms with Crippen molar-refractivity contribution in [1.29, 1.82) is 0 Å². The van der Waals surface area contributed by atoms with Crippen molar-refractivity contribution in [3.63, 3.8) is 0 Å². The number of hydrogen-bond donors (Lipinski definition) is 3. The zero-order valence-corrected chi connectivity index (χ0v) is 7.18. The van der Waals surface area contributed by atoms with Crippen LogP contribution in [0.3, 0.4) is 0 Å². The summed E-state index contributed by atoms with van der Waals surface area (Å²) in [5.41, 5.74) is 13.0. The largest absolute Gasteiger partial charge is 0.369 e. The summed E-state index contributed by atoms with van der Waals surface area (Å²) in [6.45, 7) is 0. The molecule has 0 aliphatic heterocycles. The van der Waals surface area contributed by atoms with E-state index in [9.17, 15) is 10.1 Å². The van der Waals surface area contributed by atoms with Crippen LogP contribution in [0.15, 0.2) is 29.4 Å². The molecule has 0 aliphatic rings. The molecule has 74 valence electrons. The van der Waals surface area contributed by atoms with E-state index < -0.39 is 4.92 Å². The summed E-state index contributed by atoms with van der Waals surface area (Å²) in [5.74, 6) is -0.142. The van der Waals surface area contributed by atoms with Crippen molar-refractivity contribution in [1.82, 2.24) is 0 Å². The van der Waals surface area contributed by atoms with Crippen LogP contribution in [0.5, 0.6) is 0 Å². The maximum absolute atomic E-state index is 10.4. The molecule has 7 heteroatoms. The maximum atomic E-state index is 10.4. The zero-order chi connectivity index (χ0) is 10.6. The van der Waals surface area contributed by atoms with Crippen molar-refractivity contribution in [3.8, 4) is 0 Å². The molecular formula is C7H9N5O2. The number of hydrogen-bond acceptors (Lipinski definition) is 4. The zero-order valence-electron chi connectivity index (χ0n) is 7.18. The first kappa shape index (κ1) is 9.78. The van der Waals surface area contributed by atoms with Crippen molar-refractivity contribution >= 4 is 17.3 Å². The number of nitrogens with one attached hydrogen (secondary N) is 1. The number of nitro groups is 1. The van der Waals surface area contributed by atoms with E-state index in [1.807, 2.05) is 0 Å². The molecule has 0 radical (unpaired) electrons. The highest BCUT2D eigenvalue weighted by atomic mass is 16.6. The first-order chi connectivity index (χ1) is 6.59. The van der Waals surface area contributed by atoms with E-state index in [1.54, 1.807) is 6.07 Å². The van der Waals surface area contributed by atoms with Crippen molar-refractivity contribution in [3.05, 3.63) is 34.4 Å². The van der Waals surface area contributed by atoms with Gasteiger partial charge in [0.2, 0.25) is 5.96 Å². The molecule has 0 aromatic heterocycles. The lowest BCUT2D eigenvalue weighted by atomic mass is 10.3. The van der Waals surface area contributed by atoms with Gasteiger partial charge in [-0.2, -0.15) is 0 Å². The minimum absolute atomic E-state index is 0.0270. The molecule has 0 amide bonds. The fourth-order valence-corrected chi connectivity index (χ4v) is 0.818. The molecule has 0 heterocycles. The molecule has 1 aromatic carbocycles. The Kier molecular flexibility index (Phi) is 2.85. The van der Waals surface area contributed by atoms with Gasteiger partial charge in [-0.25, -0.2) is 0 Å². The van der Waals surface area contributed by atoms with Gasteiger partial charge >= 0.3 is 0 Å². The predicted octanol–water partition coefficient (Wildman–Crippen LogP) is 0.195. The monoisotopic (exact) mass is 195 g/mol. The predicted molar refractivity (Wildman–Crippen MR) is 52.5 cm³/mol. The summed E-state index contributed by atoms with van der Waals surface area (Å²) >= 11 is 0. The average Bonchev–Trinajstić information content (AvgIpc) is 2.15. The van der Waals surface area contributed by atoms with Crippen LogP contribution >= 0.6 is 0 Å². The fourth-order valence-electron chi connectivity index (χ4n) is 0.818. The molecular weight excluding hydrogens is 186 g/mol. The molecule has 1 aromatic rings. The molecule has 0 fully saturated rings. The average molecular weight is 195 g/mol. The Morgan fingerprint density at radius 1 is 1.50 bits per heavy atom. The summed E-state index contributed by atoms with van der Waals surface area (Å²) < 4.78 is 0. The first-order valence-electron chi connectivity index (χ1n) is 3.68. The van der Waals surface area contributed by atoms with Crippen molar-refractivity contribution in [2.24, 2.45) is 16.6 Å². The summed E-state index contributed by atoms with van der Waals surface area (Å²) in [7, 11) is 0. The number of nitrogens with two attached hydrogens (primary N) is 2. The van der Waals surface area contributed by atoms with Gasteiger partial charge in [0, 0.05) is 12.1 Å². The lowest BCUT2D eigenvalue weighted by molar-refractivity contribution is -0.384. The fraction of sp³-hybridized carbons (Fsp3) is 0. The minimum Gasteiger partial charge on any atom is -0.369 e. The SMILES string of the molecule is NC(N)=NNc1cccc([N+](=O)[O-])c1. The van der Waals surface area contributed by atoms with Gasteiger partial charge in [0.05, 0.1) is 10.6 Å². The van der Waals surface area contributed by atoms with E-state index in [0.29, 0.717) is 5.69 Å². The van der Waals surface area contributed by atoms with E-state index in [1.165, 1.54) is 18.2 Å². The Morgan fingerprint density at radius 2 is 2.21 bits per heavy atom. The second-order valence-corrected chi connectivity index (χ2v) is 2.46. The molecule has 0 saturated carbocycles. The lowest BCUT2D eigenvalue weighted by Gasteiger charge is -1.99. The molecule has 14 heavy (non-hydrogen) atoms. The van der Waals surface area contributed by atoms with E-state index in [0.717, 1.165) is 0 Å². The van der Waals surface area contributed by atoms with Crippen LogP contribution in [0.25, 0.3) is 0 Å². The van der Waals surface area contributed by atoms with Gasteiger partial charge < -0.3 is 11.5 Å². The second kappa shape index (κ2) is 4.08. The summed E-state index contributed by atoms with van der Waals surface area (Å²) in [4.78, 5) is 9.88. The Bertz CT molecular complexity index is 372. The lowest BCUT2D eigenvalue weighted by Crippen LogP contribution is -2.23. The second-order valence-electron chi connectivity index (χ2n) is 2.46. The summed E-state index contributed by atoms with van der Waals surface area (Å²) in [5, 5.41) is 13.9. The van der Waals surface area contributed by atoms with Crippen LogP contribution in [-0.4, -0.2) is 10.9 Å². The van der Waals surface area contributed by atoms with Crippen molar-refractivity contribution in [2.75, 3.05) is 5.43 Å². The highest BCUT2D eigenvalue weighted by Crippen LogP contribution is 2.16. The van der Waals surface area contributed by atoms with Crippen LogP contribution < -0.4 is 16.9 Å². The third-order valence-electron chi connectivity index (χ3n) is 1.37. The van der Waals surface area contributed by atoms with Gasteiger partial charge in [-0.3, -0.25) is 15.5 Å². The third kappa shape index (κ3) is 2.63. The minimum atomic E-state index is -0.499. The first-order valence-corrected chi connectivity index (χ1v) is 3.68. The Morgan fingerprint density at radius 3 is 2.79 bits per heavy atom. The van der Waals surface area contributed by atoms with Gasteiger partial charge in [-0.15, -0.1) is 5.10 Å². The smallest absolute Gasteiger partial charge is 0.271 e. The normalized spacial score (nSPS) is 9.14. The van der Waals surface area contributed by atoms with Gasteiger partial charge in [0.1, 0.15) is 0 Å². The molecule has 5 N–H and O–H groups in total. The van der Waals surface area contributed by atoms with Gasteiger partial charge in [-0.1, -0.05) is 6.07 Å². The van der Waals surface area contributed by atoms with Crippen LogP contribution in [0.2, 0.25) is 0 Å². The van der Waals surface area contributed by atoms with E-state index in [-0.39, 0.29) is 11.6 Å². The van der Waals surface area contributed by atoms with Crippen LogP contribution in [0.4, 0.5) is 11.4 Å². The van der Waals surface area contributed by atoms with Crippen LogP contribution in [0.1, 0.15) is 0 Å². The number of rotatable bonds is 3. The number of anilines is 1. The topological polar surface area (TPSA) is 120 Å². The highest BCUT2D eigenvalue weighted by Gasteiger charge is 2.04. The third-order valence-corrected chi connectivity index (χ3v) is 1.37. The van der Waals surface area contributed by atoms with E-state index >= 15 is 0 Å². The molecule has 1 rings (SSSR count). The quantitative estimate of drug-likeness (QED) is 0.275. The Balaban J connectivity index is 2.84.